The second-order valence-electron chi connectivity index (χ2n) is 5.82. The second kappa shape index (κ2) is 6.22. The predicted octanol–water partition coefficient (Wildman–Crippen LogP) is 4.49. The summed E-state index contributed by atoms with van der Waals surface area (Å²) in [6, 6.07) is 16.9. The van der Waals surface area contributed by atoms with Gasteiger partial charge in [0.15, 0.2) is 5.78 Å². The predicted molar refractivity (Wildman–Crippen MR) is 97.6 cm³/mol. The molecule has 0 fully saturated rings. The van der Waals surface area contributed by atoms with Gasteiger partial charge in [0, 0.05) is 11.1 Å². The minimum Gasteiger partial charge on any atom is -0.488 e. The van der Waals surface area contributed by atoms with Crippen LogP contribution >= 0.6 is 11.6 Å². The molecule has 2 aromatic carbocycles. The minimum atomic E-state index is -0.0372. The van der Waals surface area contributed by atoms with Gasteiger partial charge in [0.1, 0.15) is 17.5 Å². The van der Waals surface area contributed by atoms with Gasteiger partial charge in [0.2, 0.25) is 0 Å². The number of ketones is 1. The Morgan fingerprint density at radius 1 is 1.12 bits per heavy atom. The van der Waals surface area contributed by atoms with Crippen molar-refractivity contribution in [1.29, 1.82) is 0 Å². The van der Waals surface area contributed by atoms with Crippen molar-refractivity contribution in [3.05, 3.63) is 82.1 Å². The van der Waals surface area contributed by atoms with Crippen molar-refractivity contribution in [1.82, 2.24) is 9.78 Å². The maximum Gasteiger partial charge on any atom is 0.196 e. The molecule has 0 N–H and O–H groups in total. The highest BCUT2D eigenvalue weighted by molar-refractivity contribution is 6.31. The Hall–Kier alpha value is -2.85. The van der Waals surface area contributed by atoms with E-state index in [2.05, 4.69) is 5.10 Å². The summed E-state index contributed by atoms with van der Waals surface area (Å²) >= 11 is 6.54. The van der Waals surface area contributed by atoms with Crippen LogP contribution in [0.4, 0.5) is 0 Å². The van der Waals surface area contributed by atoms with E-state index in [4.69, 9.17) is 16.3 Å². The van der Waals surface area contributed by atoms with Crippen LogP contribution in [0.2, 0.25) is 5.15 Å². The molecular formula is C20H15ClN2O2. The van der Waals surface area contributed by atoms with Gasteiger partial charge in [-0.1, -0.05) is 41.9 Å². The molecule has 0 saturated carbocycles. The summed E-state index contributed by atoms with van der Waals surface area (Å²) in [6.07, 6.45) is 1.78. The largest absolute Gasteiger partial charge is 0.488 e. The number of hydrogen-bond acceptors (Lipinski definition) is 3. The number of Topliss-reactive ketones (excluding diaryl/α,β-unsaturated/α-hetero) is 1. The molecule has 4 rings (SSSR count). The van der Waals surface area contributed by atoms with Gasteiger partial charge in [-0.05, 0) is 37.3 Å². The van der Waals surface area contributed by atoms with Gasteiger partial charge in [-0.3, -0.25) is 4.79 Å². The average Bonchev–Trinajstić information content (AvgIpc) is 2.93. The van der Waals surface area contributed by atoms with Gasteiger partial charge in [-0.2, -0.15) is 5.10 Å². The third-order valence-electron chi connectivity index (χ3n) is 4.17. The zero-order valence-corrected chi connectivity index (χ0v) is 14.3. The lowest BCUT2D eigenvalue weighted by Crippen LogP contribution is -2.18. The van der Waals surface area contributed by atoms with E-state index >= 15 is 0 Å². The highest BCUT2D eigenvalue weighted by Crippen LogP contribution is 2.30. The number of aryl methyl sites for hydroxylation is 1. The van der Waals surface area contributed by atoms with Crippen LogP contribution in [-0.2, 0) is 0 Å². The molecule has 25 heavy (non-hydrogen) atoms. The molecule has 0 atom stereocenters. The van der Waals surface area contributed by atoms with E-state index in [-0.39, 0.29) is 12.4 Å². The minimum absolute atomic E-state index is 0.0372. The fourth-order valence-electron chi connectivity index (χ4n) is 2.87. The summed E-state index contributed by atoms with van der Waals surface area (Å²) in [5.41, 5.74) is 3.50. The van der Waals surface area contributed by atoms with Crippen molar-refractivity contribution in [2.45, 2.75) is 6.92 Å². The lowest BCUT2D eigenvalue weighted by molar-refractivity contribution is 0.100. The maximum atomic E-state index is 12.7. The first kappa shape index (κ1) is 15.7. The Kier molecular flexibility index (Phi) is 3.90. The first-order valence-electron chi connectivity index (χ1n) is 7.93. The smallest absolute Gasteiger partial charge is 0.196 e. The number of para-hydroxylation sites is 2. The highest BCUT2D eigenvalue weighted by Gasteiger charge is 2.24. The van der Waals surface area contributed by atoms with Crippen molar-refractivity contribution in [3.8, 4) is 11.4 Å². The van der Waals surface area contributed by atoms with Gasteiger partial charge >= 0.3 is 0 Å². The van der Waals surface area contributed by atoms with Gasteiger partial charge in [0.05, 0.1) is 16.9 Å². The molecule has 4 nitrogen and oxygen atoms in total. The van der Waals surface area contributed by atoms with E-state index in [9.17, 15) is 4.79 Å². The van der Waals surface area contributed by atoms with Crippen LogP contribution in [0.3, 0.4) is 0 Å². The third-order valence-corrected chi connectivity index (χ3v) is 4.54. The summed E-state index contributed by atoms with van der Waals surface area (Å²) in [6.45, 7) is 2.10. The molecule has 1 aromatic heterocycles. The van der Waals surface area contributed by atoms with Crippen molar-refractivity contribution >= 4 is 23.5 Å². The Bertz CT molecular complexity index is 990. The SMILES string of the molecule is Cc1nn(-c2ccccc2)c(Cl)c1/C=C1/COc2ccccc2C1=O. The molecule has 1 aliphatic rings. The molecule has 1 aliphatic heterocycles. The fourth-order valence-corrected chi connectivity index (χ4v) is 3.20. The Morgan fingerprint density at radius 2 is 1.84 bits per heavy atom. The number of ether oxygens (including phenoxy) is 1. The van der Waals surface area contributed by atoms with Crippen molar-refractivity contribution in [2.24, 2.45) is 0 Å². The number of nitrogens with zero attached hydrogens (tertiary/aromatic N) is 2. The number of carbonyl (C=O) groups is 1. The van der Waals surface area contributed by atoms with Crippen molar-refractivity contribution in [3.63, 3.8) is 0 Å². The molecular weight excluding hydrogens is 336 g/mol. The Labute approximate surface area is 150 Å². The third kappa shape index (κ3) is 2.75. The van der Waals surface area contributed by atoms with E-state index in [0.717, 1.165) is 16.9 Å². The fraction of sp³-hybridized carbons (Fsp3) is 0.100. The van der Waals surface area contributed by atoms with E-state index in [1.807, 2.05) is 49.4 Å². The van der Waals surface area contributed by atoms with Gasteiger partial charge < -0.3 is 4.74 Å². The first-order chi connectivity index (χ1) is 12.1. The summed E-state index contributed by atoms with van der Waals surface area (Å²) in [5, 5.41) is 4.98. The molecule has 124 valence electrons. The van der Waals surface area contributed by atoms with Crippen LogP contribution in [0.5, 0.6) is 5.75 Å². The summed E-state index contributed by atoms with van der Waals surface area (Å²) in [7, 11) is 0. The molecule has 0 radical (unpaired) electrons. The maximum absolute atomic E-state index is 12.7. The lowest BCUT2D eigenvalue weighted by Gasteiger charge is -2.18. The van der Waals surface area contributed by atoms with Crippen LogP contribution in [0.15, 0.2) is 60.2 Å². The Morgan fingerprint density at radius 3 is 2.64 bits per heavy atom. The van der Waals surface area contributed by atoms with Crippen molar-refractivity contribution < 1.29 is 9.53 Å². The van der Waals surface area contributed by atoms with E-state index in [0.29, 0.717) is 22.0 Å². The van der Waals surface area contributed by atoms with Gasteiger partial charge in [0.25, 0.3) is 0 Å². The summed E-state index contributed by atoms with van der Waals surface area (Å²) in [4.78, 5) is 12.7. The summed E-state index contributed by atoms with van der Waals surface area (Å²) < 4.78 is 7.36. The van der Waals surface area contributed by atoms with Gasteiger partial charge in [-0.25, -0.2) is 4.68 Å². The molecule has 0 aliphatic carbocycles. The number of rotatable bonds is 2. The quantitative estimate of drug-likeness (QED) is 0.639. The first-order valence-corrected chi connectivity index (χ1v) is 8.30. The average molecular weight is 351 g/mol. The lowest BCUT2D eigenvalue weighted by atomic mass is 9.99. The van der Waals surface area contributed by atoms with Crippen LogP contribution in [0.1, 0.15) is 21.6 Å². The van der Waals surface area contributed by atoms with E-state index in [1.54, 1.807) is 22.9 Å². The zero-order chi connectivity index (χ0) is 17.4. The van der Waals surface area contributed by atoms with Gasteiger partial charge in [-0.15, -0.1) is 0 Å². The molecule has 5 heteroatoms. The molecule has 2 heterocycles. The molecule has 3 aromatic rings. The monoisotopic (exact) mass is 350 g/mol. The summed E-state index contributed by atoms with van der Waals surface area (Å²) in [5.74, 6) is 0.581. The van der Waals surface area contributed by atoms with Crippen LogP contribution in [0.25, 0.3) is 11.8 Å². The standard InChI is InChI=1S/C20H15ClN2O2/c1-13-17(20(21)23(22-13)15-7-3-2-4-8-15)11-14-12-25-18-10-6-5-9-16(18)19(14)24/h2-11H,12H2,1H3/b14-11-. The number of hydrogen-bond donors (Lipinski definition) is 0. The van der Waals surface area contributed by atoms with E-state index in [1.165, 1.54) is 0 Å². The van der Waals surface area contributed by atoms with Crippen LogP contribution in [0, 0.1) is 6.92 Å². The molecule has 0 bridgehead atoms. The Balaban J connectivity index is 1.76. The molecule has 0 amide bonds. The molecule has 0 saturated heterocycles. The molecule has 0 unspecified atom stereocenters. The molecule has 0 spiro atoms. The number of benzene rings is 2. The topological polar surface area (TPSA) is 44.1 Å². The number of aromatic nitrogens is 2. The zero-order valence-electron chi connectivity index (χ0n) is 13.6. The highest BCUT2D eigenvalue weighted by atomic mass is 35.5. The number of fused-ring (bicyclic) bond motifs is 1. The number of halogens is 1. The van der Waals surface area contributed by atoms with Crippen LogP contribution < -0.4 is 4.74 Å². The van der Waals surface area contributed by atoms with Crippen LogP contribution in [-0.4, -0.2) is 22.2 Å². The number of carbonyl (C=O) groups excluding carboxylic acids is 1. The van der Waals surface area contributed by atoms with Crippen molar-refractivity contribution in [2.75, 3.05) is 6.61 Å². The van der Waals surface area contributed by atoms with E-state index < -0.39 is 0 Å². The second-order valence-corrected chi connectivity index (χ2v) is 6.18. The normalized spacial score (nSPS) is 15.1.